The van der Waals surface area contributed by atoms with Gasteiger partial charge in [0.05, 0.1) is 5.69 Å². The fourth-order valence-electron chi connectivity index (χ4n) is 2.92. The number of aromatic nitrogens is 2. The van der Waals surface area contributed by atoms with Crippen LogP contribution in [0.5, 0.6) is 0 Å². The van der Waals surface area contributed by atoms with Crippen molar-refractivity contribution in [3.05, 3.63) is 23.8 Å². The molecule has 2 rings (SSSR count). The molecule has 0 radical (unpaired) electrons. The highest BCUT2D eigenvalue weighted by Crippen LogP contribution is 2.48. The quantitative estimate of drug-likeness (QED) is 0.834. The van der Waals surface area contributed by atoms with E-state index in [1.54, 1.807) is 12.3 Å². The summed E-state index contributed by atoms with van der Waals surface area (Å²) >= 11 is 0. The van der Waals surface area contributed by atoms with E-state index >= 15 is 0 Å². The average molecular weight is 235 g/mol. The third-order valence-electron chi connectivity index (χ3n) is 3.95. The summed E-state index contributed by atoms with van der Waals surface area (Å²) in [5.74, 6) is 1.33. The Bertz CT molecular complexity index is 396. The lowest BCUT2D eigenvalue weighted by Gasteiger charge is -2.32. The SMILES string of the molecule is Cc1nccc(C(O)C2(CN)CCC(C)C2)n1. The van der Waals surface area contributed by atoms with E-state index in [1.165, 1.54) is 0 Å². The number of hydrogen-bond acceptors (Lipinski definition) is 4. The number of hydrogen-bond donors (Lipinski definition) is 2. The van der Waals surface area contributed by atoms with Gasteiger partial charge in [-0.2, -0.15) is 0 Å². The molecule has 17 heavy (non-hydrogen) atoms. The van der Waals surface area contributed by atoms with Crippen LogP contribution in [0.15, 0.2) is 12.3 Å². The third-order valence-corrected chi connectivity index (χ3v) is 3.95. The largest absolute Gasteiger partial charge is 0.386 e. The molecule has 1 saturated carbocycles. The molecule has 1 aromatic heterocycles. The average Bonchev–Trinajstić information content (AvgIpc) is 2.71. The molecule has 3 unspecified atom stereocenters. The minimum atomic E-state index is -0.570. The molecule has 4 heteroatoms. The molecule has 4 nitrogen and oxygen atoms in total. The van der Waals surface area contributed by atoms with Crippen LogP contribution in [-0.4, -0.2) is 21.6 Å². The van der Waals surface area contributed by atoms with Crippen LogP contribution < -0.4 is 5.73 Å². The lowest BCUT2D eigenvalue weighted by Crippen LogP contribution is -2.35. The van der Waals surface area contributed by atoms with Crippen molar-refractivity contribution in [1.82, 2.24) is 9.97 Å². The molecule has 0 bridgehead atoms. The molecule has 3 N–H and O–H groups in total. The summed E-state index contributed by atoms with van der Waals surface area (Å²) in [5.41, 5.74) is 6.42. The number of aliphatic hydroxyl groups is 1. The number of nitrogens with two attached hydrogens (primary N) is 1. The molecule has 1 aliphatic carbocycles. The smallest absolute Gasteiger partial charge is 0.125 e. The number of rotatable bonds is 3. The Labute approximate surface area is 102 Å². The van der Waals surface area contributed by atoms with E-state index in [4.69, 9.17) is 5.73 Å². The summed E-state index contributed by atoms with van der Waals surface area (Å²) in [7, 11) is 0. The van der Waals surface area contributed by atoms with Crippen molar-refractivity contribution in [2.45, 2.75) is 39.2 Å². The monoisotopic (exact) mass is 235 g/mol. The second-order valence-electron chi connectivity index (χ2n) is 5.35. The molecule has 1 heterocycles. The van der Waals surface area contributed by atoms with Gasteiger partial charge >= 0.3 is 0 Å². The summed E-state index contributed by atoms with van der Waals surface area (Å²) in [4.78, 5) is 8.38. The normalized spacial score (nSPS) is 30.5. The van der Waals surface area contributed by atoms with Gasteiger partial charge in [-0.25, -0.2) is 9.97 Å². The molecule has 0 saturated heterocycles. The molecule has 94 valence electrons. The van der Waals surface area contributed by atoms with Crippen LogP contribution in [0.25, 0.3) is 0 Å². The van der Waals surface area contributed by atoms with Crippen molar-refractivity contribution in [1.29, 1.82) is 0 Å². The van der Waals surface area contributed by atoms with Crippen molar-refractivity contribution >= 4 is 0 Å². The van der Waals surface area contributed by atoms with E-state index < -0.39 is 6.10 Å². The zero-order valence-corrected chi connectivity index (χ0v) is 10.6. The molecular formula is C13H21N3O. The van der Waals surface area contributed by atoms with Crippen molar-refractivity contribution in [3.63, 3.8) is 0 Å². The van der Waals surface area contributed by atoms with E-state index in [0.29, 0.717) is 24.0 Å². The van der Waals surface area contributed by atoms with Crippen LogP contribution in [0.1, 0.15) is 43.8 Å². The molecule has 1 fully saturated rings. The van der Waals surface area contributed by atoms with Crippen LogP contribution in [0, 0.1) is 18.3 Å². The topological polar surface area (TPSA) is 72.0 Å². The van der Waals surface area contributed by atoms with Gasteiger partial charge in [0.25, 0.3) is 0 Å². The maximum Gasteiger partial charge on any atom is 0.125 e. The van der Waals surface area contributed by atoms with Crippen molar-refractivity contribution < 1.29 is 5.11 Å². The Morgan fingerprint density at radius 3 is 2.94 bits per heavy atom. The van der Waals surface area contributed by atoms with E-state index in [2.05, 4.69) is 16.9 Å². The lowest BCUT2D eigenvalue weighted by molar-refractivity contribution is 0.0272. The second-order valence-corrected chi connectivity index (χ2v) is 5.35. The summed E-state index contributed by atoms with van der Waals surface area (Å²) < 4.78 is 0. The predicted octanol–water partition coefficient (Wildman–Crippen LogP) is 1.58. The first kappa shape index (κ1) is 12.5. The molecule has 1 aromatic rings. The number of aliphatic hydroxyl groups excluding tert-OH is 1. The zero-order valence-electron chi connectivity index (χ0n) is 10.6. The van der Waals surface area contributed by atoms with Gasteiger partial charge in [0.15, 0.2) is 0 Å². The van der Waals surface area contributed by atoms with Gasteiger partial charge in [-0.3, -0.25) is 0 Å². The van der Waals surface area contributed by atoms with Gasteiger partial charge in [0.2, 0.25) is 0 Å². The summed E-state index contributed by atoms with van der Waals surface area (Å²) in [6.45, 7) is 4.57. The van der Waals surface area contributed by atoms with Gasteiger partial charge in [-0.05, 0) is 31.7 Å². The van der Waals surface area contributed by atoms with Crippen LogP contribution in [0.2, 0.25) is 0 Å². The van der Waals surface area contributed by atoms with E-state index in [9.17, 15) is 5.11 Å². The molecule has 1 aliphatic rings. The van der Waals surface area contributed by atoms with E-state index in [-0.39, 0.29) is 5.41 Å². The molecular weight excluding hydrogens is 214 g/mol. The van der Waals surface area contributed by atoms with Gasteiger partial charge < -0.3 is 10.8 Å². The summed E-state index contributed by atoms with van der Waals surface area (Å²) in [5, 5.41) is 10.5. The maximum atomic E-state index is 10.5. The van der Waals surface area contributed by atoms with Gasteiger partial charge in [0, 0.05) is 18.2 Å². The molecule has 0 aliphatic heterocycles. The van der Waals surface area contributed by atoms with Crippen LogP contribution in [0.4, 0.5) is 0 Å². The lowest BCUT2D eigenvalue weighted by atomic mass is 9.78. The molecule has 0 spiro atoms. The van der Waals surface area contributed by atoms with Crippen LogP contribution >= 0.6 is 0 Å². The Balaban J connectivity index is 2.26. The fourth-order valence-corrected chi connectivity index (χ4v) is 2.92. The minimum Gasteiger partial charge on any atom is -0.386 e. The molecule has 0 aromatic carbocycles. The number of aryl methyl sites for hydroxylation is 1. The maximum absolute atomic E-state index is 10.5. The predicted molar refractivity (Wildman–Crippen MR) is 66.2 cm³/mol. The summed E-state index contributed by atoms with van der Waals surface area (Å²) in [6, 6.07) is 1.79. The first-order valence-corrected chi connectivity index (χ1v) is 6.25. The molecule has 3 atom stereocenters. The van der Waals surface area contributed by atoms with Crippen LogP contribution in [-0.2, 0) is 0 Å². The first-order chi connectivity index (χ1) is 8.07. The van der Waals surface area contributed by atoms with Crippen LogP contribution in [0.3, 0.4) is 0 Å². The van der Waals surface area contributed by atoms with E-state index in [0.717, 1.165) is 19.3 Å². The highest BCUT2D eigenvalue weighted by Gasteiger charge is 2.43. The highest BCUT2D eigenvalue weighted by molar-refractivity contribution is 5.11. The second kappa shape index (κ2) is 4.70. The third kappa shape index (κ3) is 2.33. The minimum absolute atomic E-state index is 0.194. The highest BCUT2D eigenvalue weighted by atomic mass is 16.3. The van der Waals surface area contributed by atoms with Gasteiger partial charge in [-0.1, -0.05) is 13.3 Å². The van der Waals surface area contributed by atoms with Gasteiger partial charge in [0.1, 0.15) is 11.9 Å². The van der Waals surface area contributed by atoms with Crippen molar-refractivity contribution in [2.24, 2.45) is 17.1 Å². The Morgan fingerprint density at radius 2 is 2.41 bits per heavy atom. The molecule has 0 amide bonds. The van der Waals surface area contributed by atoms with Crippen molar-refractivity contribution in [2.75, 3.05) is 6.54 Å². The van der Waals surface area contributed by atoms with Gasteiger partial charge in [-0.15, -0.1) is 0 Å². The standard InChI is InChI=1S/C13H21N3O/c1-9-3-5-13(7-9,8-14)12(17)11-4-6-15-10(2)16-11/h4,6,9,12,17H,3,5,7-8,14H2,1-2H3. The Morgan fingerprint density at radius 1 is 1.65 bits per heavy atom. The van der Waals surface area contributed by atoms with E-state index in [1.807, 2.05) is 6.92 Å². The zero-order chi connectivity index (χ0) is 12.5. The number of nitrogens with zero attached hydrogens (tertiary/aromatic N) is 2. The Kier molecular flexibility index (Phi) is 3.45. The van der Waals surface area contributed by atoms with Crippen molar-refractivity contribution in [3.8, 4) is 0 Å². The fraction of sp³-hybridized carbons (Fsp3) is 0.692. The summed E-state index contributed by atoms with van der Waals surface area (Å²) in [6.07, 6.45) is 4.23. The Hall–Kier alpha value is -1.00. The first-order valence-electron chi connectivity index (χ1n) is 6.25.